The third kappa shape index (κ3) is 5.33. The Morgan fingerprint density at radius 1 is 1.15 bits per heavy atom. The molecule has 4 heteroatoms. The van der Waals surface area contributed by atoms with Gasteiger partial charge in [-0.05, 0) is 62.5 Å². The van der Waals surface area contributed by atoms with Crippen LogP contribution < -0.4 is 0 Å². The number of benzene rings is 1. The Kier molecular flexibility index (Phi) is 7.46. The number of rotatable bonds is 8. The monoisotopic (exact) mass is 374 g/mol. The molecule has 1 fully saturated rings. The summed E-state index contributed by atoms with van der Waals surface area (Å²) in [7, 11) is 0. The van der Waals surface area contributed by atoms with Gasteiger partial charge < -0.3 is 9.47 Å². The number of aryl methyl sites for hydroxylation is 1. The molecule has 2 atom stereocenters. The number of hydrogen-bond acceptors (Lipinski definition) is 4. The summed E-state index contributed by atoms with van der Waals surface area (Å²) in [6.45, 7) is 10.7. The van der Waals surface area contributed by atoms with Gasteiger partial charge in [-0.25, -0.2) is 4.79 Å². The standard InChI is InChI=1S/C23H34O4/c1-16(2)12-14-23(22(25)26-15-17(3)4)13-8-11-20(23)27-21(24)19-10-7-6-9-18(19)5/h6-7,9-10,16-17,20H,8,11-15H2,1-5H3. The van der Waals surface area contributed by atoms with Crippen LogP contribution >= 0.6 is 0 Å². The van der Waals surface area contributed by atoms with E-state index >= 15 is 0 Å². The molecule has 0 aromatic heterocycles. The van der Waals surface area contributed by atoms with Crippen molar-refractivity contribution in [3.8, 4) is 0 Å². The van der Waals surface area contributed by atoms with E-state index in [1.54, 1.807) is 6.07 Å². The van der Waals surface area contributed by atoms with Gasteiger partial charge in [0, 0.05) is 0 Å². The molecule has 4 nitrogen and oxygen atoms in total. The molecule has 0 bridgehead atoms. The highest BCUT2D eigenvalue weighted by molar-refractivity contribution is 5.91. The number of carbonyl (C=O) groups excluding carboxylic acids is 2. The molecule has 1 aliphatic carbocycles. The molecular weight excluding hydrogens is 340 g/mol. The smallest absolute Gasteiger partial charge is 0.338 e. The maximum atomic E-state index is 13.1. The van der Waals surface area contributed by atoms with Crippen LogP contribution in [-0.2, 0) is 14.3 Å². The molecule has 150 valence electrons. The summed E-state index contributed by atoms with van der Waals surface area (Å²) in [5, 5.41) is 0. The topological polar surface area (TPSA) is 52.6 Å². The maximum absolute atomic E-state index is 13.1. The van der Waals surface area contributed by atoms with E-state index < -0.39 is 11.5 Å². The third-order valence-corrected chi connectivity index (χ3v) is 5.44. The predicted octanol–water partition coefficient (Wildman–Crippen LogP) is 5.33. The van der Waals surface area contributed by atoms with Gasteiger partial charge in [-0.15, -0.1) is 0 Å². The van der Waals surface area contributed by atoms with Crippen molar-refractivity contribution in [2.45, 2.75) is 72.8 Å². The molecule has 2 unspecified atom stereocenters. The Bertz CT molecular complexity index is 650. The zero-order valence-electron chi connectivity index (χ0n) is 17.4. The van der Waals surface area contributed by atoms with E-state index in [4.69, 9.17) is 9.47 Å². The minimum atomic E-state index is -0.711. The molecule has 0 amide bonds. The first-order valence-electron chi connectivity index (χ1n) is 10.2. The lowest BCUT2D eigenvalue weighted by Crippen LogP contribution is -2.43. The van der Waals surface area contributed by atoms with Gasteiger partial charge in [0.1, 0.15) is 11.5 Å². The van der Waals surface area contributed by atoms with E-state index in [0.29, 0.717) is 30.9 Å². The molecule has 1 aromatic carbocycles. The minimum Gasteiger partial charge on any atom is -0.465 e. The lowest BCUT2D eigenvalue weighted by Gasteiger charge is -2.33. The lowest BCUT2D eigenvalue weighted by atomic mass is 9.78. The molecular formula is C23H34O4. The van der Waals surface area contributed by atoms with Crippen LogP contribution in [0.4, 0.5) is 0 Å². The van der Waals surface area contributed by atoms with Gasteiger partial charge in [-0.3, -0.25) is 4.79 Å². The summed E-state index contributed by atoms with van der Waals surface area (Å²) in [4.78, 5) is 25.8. The van der Waals surface area contributed by atoms with Gasteiger partial charge in [0.05, 0.1) is 12.2 Å². The number of hydrogen-bond donors (Lipinski definition) is 0. The van der Waals surface area contributed by atoms with Crippen molar-refractivity contribution < 1.29 is 19.1 Å². The van der Waals surface area contributed by atoms with E-state index in [0.717, 1.165) is 24.8 Å². The van der Waals surface area contributed by atoms with E-state index in [2.05, 4.69) is 13.8 Å². The normalized spacial score (nSPS) is 22.3. The largest absolute Gasteiger partial charge is 0.465 e. The molecule has 0 spiro atoms. The van der Waals surface area contributed by atoms with Crippen LogP contribution in [0.1, 0.15) is 75.7 Å². The summed E-state index contributed by atoms with van der Waals surface area (Å²) in [5.74, 6) is 0.223. The SMILES string of the molecule is Cc1ccccc1C(=O)OC1CCCC1(CCC(C)C)C(=O)OCC(C)C. The van der Waals surface area contributed by atoms with Gasteiger partial charge in [0.15, 0.2) is 0 Å². The first kappa shape index (κ1) is 21.5. The van der Waals surface area contributed by atoms with Gasteiger partial charge in [-0.1, -0.05) is 45.9 Å². The summed E-state index contributed by atoms with van der Waals surface area (Å²) < 4.78 is 11.5. The summed E-state index contributed by atoms with van der Waals surface area (Å²) in [6, 6.07) is 7.41. The third-order valence-electron chi connectivity index (χ3n) is 5.44. The van der Waals surface area contributed by atoms with Crippen LogP contribution in [0.25, 0.3) is 0 Å². The molecule has 1 aliphatic rings. The average Bonchev–Trinajstić information content (AvgIpc) is 3.01. The lowest BCUT2D eigenvalue weighted by molar-refractivity contribution is -0.163. The zero-order chi connectivity index (χ0) is 20.0. The molecule has 0 aliphatic heterocycles. The molecule has 1 saturated carbocycles. The van der Waals surface area contributed by atoms with Crippen LogP contribution in [0.2, 0.25) is 0 Å². The van der Waals surface area contributed by atoms with Crippen molar-refractivity contribution in [1.82, 2.24) is 0 Å². The van der Waals surface area contributed by atoms with Crippen molar-refractivity contribution >= 4 is 11.9 Å². The Morgan fingerprint density at radius 2 is 1.85 bits per heavy atom. The predicted molar refractivity (Wildman–Crippen MR) is 107 cm³/mol. The highest BCUT2D eigenvalue weighted by Crippen LogP contribution is 2.46. The van der Waals surface area contributed by atoms with E-state index in [-0.39, 0.29) is 17.9 Å². The highest BCUT2D eigenvalue weighted by atomic mass is 16.6. The van der Waals surface area contributed by atoms with Crippen molar-refractivity contribution in [1.29, 1.82) is 0 Å². The Morgan fingerprint density at radius 3 is 2.48 bits per heavy atom. The van der Waals surface area contributed by atoms with Gasteiger partial charge >= 0.3 is 11.9 Å². The summed E-state index contributed by atoms with van der Waals surface area (Å²) >= 11 is 0. The molecule has 0 N–H and O–H groups in total. The number of carbonyl (C=O) groups is 2. The Hall–Kier alpha value is -1.84. The second-order valence-corrected chi connectivity index (χ2v) is 8.68. The molecule has 1 aromatic rings. The molecule has 0 radical (unpaired) electrons. The quantitative estimate of drug-likeness (QED) is 0.577. The van der Waals surface area contributed by atoms with E-state index in [9.17, 15) is 9.59 Å². The fourth-order valence-corrected chi connectivity index (χ4v) is 3.76. The van der Waals surface area contributed by atoms with Gasteiger partial charge in [0.25, 0.3) is 0 Å². The summed E-state index contributed by atoms with van der Waals surface area (Å²) in [5.41, 5.74) is 0.741. The van der Waals surface area contributed by atoms with Crippen LogP contribution in [0, 0.1) is 24.2 Å². The molecule has 0 saturated heterocycles. The van der Waals surface area contributed by atoms with Crippen molar-refractivity contribution in [2.75, 3.05) is 6.61 Å². The van der Waals surface area contributed by atoms with Crippen LogP contribution in [-0.4, -0.2) is 24.6 Å². The van der Waals surface area contributed by atoms with Crippen LogP contribution in [0.15, 0.2) is 24.3 Å². The van der Waals surface area contributed by atoms with Crippen molar-refractivity contribution in [2.24, 2.45) is 17.3 Å². The van der Waals surface area contributed by atoms with Gasteiger partial charge in [0.2, 0.25) is 0 Å². The molecule has 27 heavy (non-hydrogen) atoms. The zero-order valence-corrected chi connectivity index (χ0v) is 17.4. The van der Waals surface area contributed by atoms with Crippen molar-refractivity contribution in [3.05, 3.63) is 35.4 Å². The molecule has 2 rings (SSSR count). The number of ether oxygens (including phenoxy) is 2. The number of esters is 2. The highest BCUT2D eigenvalue weighted by Gasteiger charge is 2.52. The van der Waals surface area contributed by atoms with Crippen molar-refractivity contribution in [3.63, 3.8) is 0 Å². The minimum absolute atomic E-state index is 0.197. The molecule has 0 heterocycles. The van der Waals surface area contributed by atoms with Gasteiger partial charge in [-0.2, -0.15) is 0 Å². The fraction of sp³-hybridized carbons (Fsp3) is 0.652. The summed E-state index contributed by atoms with van der Waals surface area (Å²) in [6.07, 6.45) is 3.51. The first-order chi connectivity index (χ1) is 12.8. The second kappa shape index (κ2) is 9.38. The Balaban J connectivity index is 2.21. The van der Waals surface area contributed by atoms with Crippen LogP contribution in [0.3, 0.4) is 0 Å². The fourth-order valence-electron chi connectivity index (χ4n) is 3.76. The van der Waals surface area contributed by atoms with E-state index in [1.165, 1.54) is 0 Å². The maximum Gasteiger partial charge on any atom is 0.338 e. The first-order valence-corrected chi connectivity index (χ1v) is 10.2. The second-order valence-electron chi connectivity index (χ2n) is 8.68. The Labute approximate surface area is 163 Å². The van der Waals surface area contributed by atoms with E-state index in [1.807, 2.05) is 39.0 Å². The average molecular weight is 375 g/mol. The van der Waals surface area contributed by atoms with Crippen LogP contribution in [0.5, 0.6) is 0 Å².